The lowest BCUT2D eigenvalue weighted by Gasteiger charge is -2.18. The molecule has 0 radical (unpaired) electrons. The van der Waals surface area contributed by atoms with Crippen molar-refractivity contribution in [2.45, 2.75) is 25.3 Å². The van der Waals surface area contributed by atoms with Crippen LogP contribution in [0, 0.1) is 5.82 Å². The average Bonchev–Trinajstić information content (AvgIpc) is 2.76. The fourth-order valence-electron chi connectivity index (χ4n) is 2.98. The van der Waals surface area contributed by atoms with Crippen molar-refractivity contribution < 1.29 is 12.8 Å². The van der Waals surface area contributed by atoms with Gasteiger partial charge in [-0.05, 0) is 42.0 Å². The summed E-state index contributed by atoms with van der Waals surface area (Å²) in [5.74, 6) is 0.520. The standard InChI is InChI=1S/C21H25FN6O2S/c1-3-28(4-2)31(29,30)18-11-9-17(10-12-18)27-21-19(23)20(25-14-26-21)24-13-15-5-7-16(22)8-6-15/h5-12,14H,3-4,13,23H2,1-2H3,(H2,24,25,26,27). The summed E-state index contributed by atoms with van der Waals surface area (Å²) in [6.45, 7) is 4.83. The normalized spacial score (nSPS) is 11.5. The molecule has 0 spiro atoms. The summed E-state index contributed by atoms with van der Waals surface area (Å²) in [6.07, 6.45) is 1.37. The van der Waals surface area contributed by atoms with Crippen LogP contribution in [0.1, 0.15) is 19.4 Å². The number of hydrogen-bond donors (Lipinski definition) is 3. The van der Waals surface area contributed by atoms with Gasteiger partial charge in [-0.2, -0.15) is 4.31 Å². The van der Waals surface area contributed by atoms with Crippen LogP contribution in [0.5, 0.6) is 0 Å². The van der Waals surface area contributed by atoms with E-state index in [4.69, 9.17) is 5.73 Å². The Morgan fingerprint density at radius 2 is 1.58 bits per heavy atom. The third-order valence-electron chi connectivity index (χ3n) is 4.72. The molecule has 0 fully saturated rings. The molecule has 1 aromatic heterocycles. The molecule has 10 heteroatoms. The fraction of sp³-hybridized carbons (Fsp3) is 0.238. The molecule has 8 nitrogen and oxygen atoms in total. The number of benzene rings is 2. The minimum absolute atomic E-state index is 0.221. The van der Waals surface area contributed by atoms with Crippen LogP contribution in [-0.2, 0) is 16.6 Å². The Balaban J connectivity index is 1.73. The highest BCUT2D eigenvalue weighted by Gasteiger charge is 2.21. The highest BCUT2D eigenvalue weighted by molar-refractivity contribution is 7.89. The zero-order chi connectivity index (χ0) is 22.4. The first-order chi connectivity index (χ1) is 14.8. The summed E-state index contributed by atoms with van der Waals surface area (Å²) in [5, 5.41) is 6.19. The first-order valence-corrected chi connectivity index (χ1v) is 11.2. The van der Waals surface area contributed by atoms with E-state index in [-0.39, 0.29) is 10.7 Å². The van der Waals surface area contributed by atoms with Crippen LogP contribution in [0.4, 0.5) is 27.4 Å². The van der Waals surface area contributed by atoms with E-state index in [1.165, 1.54) is 22.8 Å². The van der Waals surface area contributed by atoms with Gasteiger partial charge in [-0.25, -0.2) is 22.8 Å². The SMILES string of the molecule is CCN(CC)S(=O)(=O)c1ccc(Nc2ncnc(NCc3ccc(F)cc3)c2N)cc1. The first kappa shape index (κ1) is 22.4. The van der Waals surface area contributed by atoms with E-state index in [0.29, 0.717) is 42.6 Å². The van der Waals surface area contributed by atoms with E-state index >= 15 is 0 Å². The topological polar surface area (TPSA) is 113 Å². The molecule has 4 N–H and O–H groups in total. The minimum atomic E-state index is -3.52. The summed E-state index contributed by atoms with van der Waals surface area (Å²) in [7, 11) is -3.52. The molecule has 31 heavy (non-hydrogen) atoms. The summed E-state index contributed by atoms with van der Waals surface area (Å²) < 4.78 is 39.6. The van der Waals surface area contributed by atoms with E-state index in [1.807, 2.05) is 0 Å². The Morgan fingerprint density at radius 3 is 2.19 bits per heavy atom. The number of halogens is 1. The lowest BCUT2D eigenvalue weighted by Crippen LogP contribution is -2.30. The molecular weight excluding hydrogens is 419 g/mol. The van der Waals surface area contributed by atoms with Gasteiger partial charge in [0.05, 0.1) is 4.90 Å². The summed E-state index contributed by atoms with van der Waals surface area (Å²) >= 11 is 0. The molecule has 0 atom stereocenters. The molecule has 2 aromatic carbocycles. The van der Waals surface area contributed by atoms with Gasteiger partial charge in [-0.15, -0.1) is 0 Å². The molecule has 0 aliphatic carbocycles. The Morgan fingerprint density at radius 1 is 0.968 bits per heavy atom. The number of hydrogen-bond acceptors (Lipinski definition) is 7. The quantitative estimate of drug-likeness (QED) is 0.462. The Bertz CT molecular complexity index is 1120. The smallest absolute Gasteiger partial charge is 0.243 e. The molecule has 164 valence electrons. The van der Waals surface area contributed by atoms with Crippen LogP contribution in [0.2, 0.25) is 0 Å². The lowest BCUT2D eigenvalue weighted by molar-refractivity contribution is 0.445. The molecule has 0 unspecified atom stereocenters. The number of aromatic nitrogens is 2. The molecule has 0 aliphatic rings. The maximum absolute atomic E-state index is 13.0. The number of nitrogen functional groups attached to an aromatic ring is 1. The third-order valence-corrected chi connectivity index (χ3v) is 6.78. The van der Waals surface area contributed by atoms with Gasteiger partial charge in [-0.3, -0.25) is 0 Å². The van der Waals surface area contributed by atoms with Gasteiger partial charge in [0.15, 0.2) is 11.6 Å². The van der Waals surface area contributed by atoms with Crippen LogP contribution in [0.25, 0.3) is 0 Å². The summed E-state index contributed by atoms with van der Waals surface area (Å²) in [6, 6.07) is 12.5. The molecule has 0 aliphatic heterocycles. The highest BCUT2D eigenvalue weighted by Crippen LogP contribution is 2.27. The van der Waals surface area contributed by atoms with Gasteiger partial charge in [0.2, 0.25) is 10.0 Å². The van der Waals surface area contributed by atoms with Gasteiger partial charge >= 0.3 is 0 Å². The van der Waals surface area contributed by atoms with Crippen LogP contribution in [-0.4, -0.2) is 35.8 Å². The largest absolute Gasteiger partial charge is 0.393 e. The summed E-state index contributed by atoms with van der Waals surface area (Å²) in [4.78, 5) is 8.54. The van der Waals surface area contributed by atoms with Crippen LogP contribution in [0.3, 0.4) is 0 Å². The zero-order valence-electron chi connectivity index (χ0n) is 17.3. The molecule has 3 rings (SSSR count). The zero-order valence-corrected chi connectivity index (χ0v) is 18.2. The average molecular weight is 445 g/mol. The second-order valence-electron chi connectivity index (χ2n) is 6.70. The predicted molar refractivity (Wildman–Crippen MR) is 120 cm³/mol. The van der Waals surface area contributed by atoms with Gasteiger partial charge in [0.1, 0.15) is 17.8 Å². The number of sulfonamides is 1. The number of nitrogens with two attached hydrogens (primary N) is 1. The van der Waals surface area contributed by atoms with Crippen molar-refractivity contribution in [3.8, 4) is 0 Å². The monoisotopic (exact) mass is 444 g/mol. The van der Waals surface area contributed by atoms with E-state index in [2.05, 4.69) is 20.6 Å². The molecule has 0 bridgehead atoms. The maximum Gasteiger partial charge on any atom is 0.243 e. The molecule has 0 saturated heterocycles. The Labute approximate surface area is 181 Å². The first-order valence-electron chi connectivity index (χ1n) is 9.81. The van der Waals surface area contributed by atoms with Gasteiger partial charge in [0, 0.05) is 25.3 Å². The maximum atomic E-state index is 13.0. The third kappa shape index (κ3) is 5.28. The van der Waals surface area contributed by atoms with Crippen LogP contribution >= 0.6 is 0 Å². The highest BCUT2D eigenvalue weighted by atomic mass is 32.2. The summed E-state index contributed by atoms with van der Waals surface area (Å²) in [5.41, 5.74) is 8.00. The van der Waals surface area contributed by atoms with E-state index < -0.39 is 10.0 Å². The number of rotatable bonds is 9. The second-order valence-corrected chi connectivity index (χ2v) is 8.64. The molecule has 1 heterocycles. The molecular formula is C21H25FN6O2S. The van der Waals surface area contributed by atoms with Gasteiger partial charge in [0.25, 0.3) is 0 Å². The lowest BCUT2D eigenvalue weighted by atomic mass is 10.2. The predicted octanol–water partition coefficient (Wildman–Crippen LogP) is 3.58. The van der Waals surface area contributed by atoms with Gasteiger partial charge < -0.3 is 16.4 Å². The molecule has 0 amide bonds. The van der Waals surface area contributed by atoms with Crippen molar-refractivity contribution in [3.05, 3.63) is 66.2 Å². The van der Waals surface area contributed by atoms with Gasteiger partial charge in [-0.1, -0.05) is 26.0 Å². The van der Waals surface area contributed by atoms with E-state index in [1.54, 1.807) is 50.2 Å². The minimum Gasteiger partial charge on any atom is -0.393 e. The van der Waals surface area contributed by atoms with E-state index in [9.17, 15) is 12.8 Å². The van der Waals surface area contributed by atoms with Crippen molar-refractivity contribution in [3.63, 3.8) is 0 Å². The van der Waals surface area contributed by atoms with Crippen LogP contribution in [0.15, 0.2) is 59.8 Å². The van der Waals surface area contributed by atoms with Crippen molar-refractivity contribution in [1.82, 2.24) is 14.3 Å². The number of anilines is 4. The Kier molecular flexibility index (Phi) is 7.03. The second kappa shape index (κ2) is 9.71. The van der Waals surface area contributed by atoms with Crippen LogP contribution < -0.4 is 16.4 Å². The van der Waals surface area contributed by atoms with Crippen molar-refractivity contribution in [1.29, 1.82) is 0 Å². The number of nitrogens with zero attached hydrogens (tertiary/aromatic N) is 3. The molecule has 3 aromatic rings. The Hall–Kier alpha value is -3.24. The van der Waals surface area contributed by atoms with Crippen molar-refractivity contribution in [2.75, 3.05) is 29.5 Å². The van der Waals surface area contributed by atoms with E-state index in [0.717, 1.165) is 5.56 Å². The fourth-order valence-corrected chi connectivity index (χ4v) is 4.44. The van der Waals surface area contributed by atoms with Crippen molar-refractivity contribution >= 4 is 33.0 Å². The molecule has 0 saturated carbocycles. The number of nitrogens with one attached hydrogen (secondary N) is 2. The van der Waals surface area contributed by atoms with Crippen molar-refractivity contribution in [2.24, 2.45) is 0 Å².